The van der Waals surface area contributed by atoms with Crippen molar-refractivity contribution in [1.82, 2.24) is 4.90 Å². The second-order valence-electron chi connectivity index (χ2n) is 6.08. The fourth-order valence-electron chi connectivity index (χ4n) is 2.88. The predicted molar refractivity (Wildman–Crippen MR) is 104 cm³/mol. The van der Waals surface area contributed by atoms with Gasteiger partial charge in [-0.1, -0.05) is 24.3 Å². The average Bonchev–Trinajstić information content (AvgIpc) is 3.20. The summed E-state index contributed by atoms with van der Waals surface area (Å²) < 4.78 is 5.25. The van der Waals surface area contributed by atoms with Crippen LogP contribution in [0.4, 0.5) is 5.69 Å². The van der Waals surface area contributed by atoms with Gasteiger partial charge in [0.15, 0.2) is 6.10 Å². The second kappa shape index (κ2) is 8.67. The Balaban J connectivity index is 1.47. The summed E-state index contributed by atoms with van der Waals surface area (Å²) in [4.78, 5) is 29.4. The Morgan fingerprint density at radius 3 is 2.46 bits per heavy atom. The first-order chi connectivity index (χ1) is 12.6. The van der Waals surface area contributed by atoms with Crippen molar-refractivity contribution in [1.29, 1.82) is 0 Å². The molecular formula is C20H22N2O3S. The molecule has 6 heteroatoms. The highest BCUT2D eigenvalue weighted by atomic mass is 32.1. The normalized spacial score (nSPS) is 15.9. The van der Waals surface area contributed by atoms with Crippen LogP contribution in [0.3, 0.4) is 0 Å². The van der Waals surface area contributed by atoms with Crippen LogP contribution in [-0.4, -0.2) is 49.1 Å². The topological polar surface area (TPSA) is 49.9 Å². The van der Waals surface area contributed by atoms with Crippen molar-refractivity contribution in [2.24, 2.45) is 0 Å². The van der Waals surface area contributed by atoms with Gasteiger partial charge in [0.05, 0.1) is 0 Å². The van der Waals surface area contributed by atoms with E-state index >= 15 is 0 Å². The van der Waals surface area contributed by atoms with Crippen LogP contribution in [0, 0.1) is 0 Å². The summed E-state index contributed by atoms with van der Waals surface area (Å²) in [5.41, 5.74) is 1.16. The van der Waals surface area contributed by atoms with Gasteiger partial charge in [-0.2, -0.15) is 0 Å². The van der Waals surface area contributed by atoms with E-state index in [1.165, 1.54) is 17.4 Å². The third-order valence-corrected chi connectivity index (χ3v) is 5.12. The maximum atomic E-state index is 12.5. The maximum absolute atomic E-state index is 12.5. The zero-order valence-electron chi connectivity index (χ0n) is 14.7. The molecular weight excluding hydrogens is 348 g/mol. The van der Waals surface area contributed by atoms with Crippen LogP contribution in [-0.2, 0) is 14.3 Å². The molecule has 26 heavy (non-hydrogen) atoms. The van der Waals surface area contributed by atoms with Crippen LogP contribution >= 0.6 is 11.3 Å². The fraction of sp³-hybridized carbons (Fsp3) is 0.300. The summed E-state index contributed by atoms with van der Waals surface area (Å²) in [6.07, 6.45) is 2.28. The number of hydrogen-bond acceptors (Lipinski definition) is 5. The SMILES string of the molecule is C[C@@H](OC(=O)/C=C/c1cccs1)C(=O)N1CCN(c2ccccc2)CC1. The van der Waals surface area contributed by atoms with Gasteiger partial charge in [0, 0.05) is 42.8 Å². The molecule has 1 aliphatic rings. The van der Waals surface area contributed by atoms with Gasteiger partial charge >= 0.3 is 5.97 Å². The van der Waals surface area contributed by atoms with E-state index in [4.69, 9.17) is 4.74 Å². The number of thiophene rings is 1. The lowest BCUT2D eigenvalue weighted by Gasteiger charge is -2.36. The van der Waals surface area contributed by atoms with E-state index in [1.807, 2.05) is 35.7 Å². The van der Waals surface area contributed by atoms with Gasteiger partial charge in [-0.25, -0.2) is 4.79 Å². The van der Waals surface area contributed by atoms with Gasteiger partial charge < -0.3 is 14.5 Å². The number of anilines is 1. The lowest BCUT2D eigenvalue weighted by molar-refractivity contribution is -0.155. The molecule has 3 rings (SSSR count). The highest BCUT2D eigenvalue weighted by molar-refractivity contribution is 7.10. The number of ether oxygens (including phenoxy) is 1. The minimum Gasteiger partial charge on any atom is -0.449 e. The summed E-state index contributed by atoms with van der Waals surface area (Å²) >= 11 is 1.54. The van der Waals surface area contributed by atoms with Crippen molar-refractivity contribution in [3.63, 3.8) is 0 Å². The minimum absolute atomic E-state index is 0.143. The highest BCUT2D eigenvalue weighted by Gasteiger charge is 2.26. The first kappa shape index (κ1) is 18.2. The molecule has 1 fully saturated rings. The summed E-state index contributed by atoms with van der Waals surface area (Å²) in [5.74, 6) is -0.641. The van der Waals surface area contributed by atoms with Crippen LogP contribution in [0.15, 0.2) is 53.9 Å². The molecule has 1 aromatic carbocycles. The molecule has 0 radical (unpaired) electrons. The monoisotopic (exact) mass is 370 g/mol. The second-order valence-corrected chi connectivity index (χ2v) is 7.06. The van der Waals surface area contributed by atoms with Gasteiger partial charge in [0.2, 0.25) is 0 Å². The number of para-hydroxylation sites is 1. The quantitative estimate of drug-likeness (QED) is 0.600. The van der Waals surface area contributed by atoms with E-state index in [-0.39, 0.29) is 5.91 Å². The van der Waals surface area contributed by atoms with E-state index in [0.717, 1.165) is 23.7 Å². The van der Waals surface area contributed by atoms with E-state index in [2.05, 4.69) is 17.0 Å². The third kappa shape index (κ3) is 4.73. The fourth-order valence-corrected chi connectivity index (χ4v) is 3.50. The molecule has 2 heterocycles. The van der Waals surface area contributed by atoms with Crippen molar-refractivity contribution in [3.8, 4) is 0 Å². The highest BCUT2D eigenvalue weighted by Crippen LogP contribution is 2.16. The molecule has 5 nitrogen and oxygen atoms in total. The summed E-state index contributed by atoms with van der Waals surface area (Å²) in [6.45, 7) is 4.42. The molecule has 1 aromatic heterocycles. The van der Waals surface area contributed by atoms with Crippen LogP contribution in [0.5, 0.6) is 0 Å². The van der Waals surface area contributed by atoms with Gasteiger partial charge in [-0.05, 0) is 36.6 Å². The molecule has 0 aliphatic carbocycles. The smallest absolute Gasteiger partial charge is 0.331 e. The molecule has 1 atom stereocenters. The van der Waals surface area contributed by atoms with E-state index in [9.17, 15) is 9.59 Å². The standard InChI is InChI=1S/C20H22N2O3S/c1-16(25-19(23)10-9-18-8-5-15-26-18)20(24)22-13-11-21(12-14-22)17-6-3-2-4-7-17/h2-10,15-16H,11-14H2,1H3/b10-9+/t16-/m1/s1. The number of piperazine rings is 1. The van der Waals surface area contributed by atoms with Crippen LogP contribution in [0.2, 0.25) is 0 Å². The molecule has 0 N–H and O–H groups in total. The molecule has 136 valence electrons. The van der Waals surface area contributed by atoms with Crippen molar-refractivity contribution in [2.45, 2.75) is 13.0 Å². The van der Waals surface area contributed by atoms with Crippen molar-refractivity contribution in [2.75, 3.05) is 31.1 Å². The Hall–Kier alpha value is -2.60. The Bertz CT molecular complexity index is 751. The number of carbonyl (C=O) groups excluding carboxylic acids is 2. The molecule has 0 bridgehead atoms. The van der Waals surface area contributed by atoms with Crippen molar-refractivity contribution in [3.05, 3.63) is 58.8 Å². The van der Waals surface area contributed by atoms with E-state index in [1.54, 1.807) is 17.9 Å². The van der Waals surface area contributed by atoms with Crippen molar-refractivity contribution < 1.29 is 14.3 Å². The minimum atomic E-state index is -0.779. The molecule has 0 unspecified atom stereocenters. The van der Waals surface area contributed by atoms with Gasteiger partial charge in [-0.15, -0.1) is 11.3 Å². The Kier molecular flexibility index (Phi) is 6.07. The lowest BCUT2D eigenvalue weighted by Crippen LogP contribution is -2.51. The molecule has 0 saturated carbocycles. The number of esters is 1. The largest absolute Gasteiger partial charge is 0.449 e. The van der Waals surface area contributed by atoms with Gasteiger partial charge in [0.25, 0.3) is 5.91 Å². The van der Waals surface area contributed by atoms with Gasteiger partial charge in [-0.3, -0.25) is 4.79 Å². The van der Waals surface area contributed by atoms with E-state index in [0.29, 0.717) is 13.1 Å². The number of carbonyl (C=O) groups is 2. The molecule has 0 spiro atoms. The number of amides is 1. The number of benzene rings is 1. The summed E-state index contributed by atoms with van der Waals surface area (Å²) in [7, 11) is 0. The molecule has 1 aliphatic heterocycles. The Morgan fingerprint density at radius 1 is 1.08 bits per heavy atom. The summed E-state index contributed by atoms with van der Waals surface area (Å²) in [5, 5.41) is 1.94. The summed E-state index contributed by atoms with van der Waals surface area (Å²) in [6, 6.07) is 14.0. The Labute approximate surface area is 157 Å². The maximum Gasteiger partial charge on any atom is 0.331 e. The van der Waals surface area contributed by atoms with Crippen molar-refractivity contribution >= 4 is 35.0 Å². The average molecular weight is 370 g/mol. The predicted octanol–water partition coefficient (Wildman–Crippen LogP) is 3.04. The first-order valence-corrected chi connectivity index (χ1v) is 9.52. The number of hydrogen-bond donors (Lipinski definition) is 0. The third-order valence-electron chi connectivity index (χ3n) is 4.28. The Morgan fingerprint density at radius 2 is 1.81 bits per heavy atom. The molecule has 2 aromatic rings. The molecule has 1 saturated heterocycles. The van der Waals surface area contributed by atoms with Crippen LogP contribution in [0.1, 0.15) is 11.8 Å². The number of rotatable bonds is 5. The van der Waals surface area contributed by atoms with E-state index < -0.39 is 12.1 Å². The van der Waals surface area contributed by atoms with Gasteiger partial charge in [0.1, 0.15) is 0 Å². The lowest BCUT2D eigenvalue weighted by atomic mass is 10.2. The zero-order valence-corrected chi connectivity index (χ0v) is 15.5. The zero-order chi connectivity index (χ0) is 18.4. The molecule has 1 amide bonds. The first-order valence-electron chi connectivity index (χ1n) is 8.64. The number of nitrogens with zero attached hydrogens (tertiary/aromatic N) is 2. The van der Waals surface area contributed by atoms with Crippen LogP contribution < -0.4 is 4.90 Å². The van der Waals surface area contributed by atoms with Crippen LogP contribution in [0.25, 0.3) is 6.08 Å².